The number of aryl methyl sites for hydroxylation is 1. The van der Waals surface area contributed by atoms with Gasteiger partial charge >= 0.3 is 0 Å². The maximum Gasteiger partial charge on any atom is 0.257 e. The molecule has 20 heavy (non-hydrogen) atoms. The van der Waals surface area contributed by atoms with E-state index >= 15 is 0 Å². The highest BCUT2D eigenvalue weighted by molar-refractivity contribution is 7.13. The lowest BCUT2D eigenvalue weighted by molar-refractivity contribution is -0.132. The zero-order valence-corrected chi connectivity index (χ0v) is 12.1. The number of aromatic nitrogens is 2. The van der Waals surface area contributed by atoms with Crippen LogP contribution in [0.25, 0.3) is 10.8 Å². The quantitative estimate of drug-likeness (QED) is 0.869. The Kier molecular flexibility index (Phi) is 4.11. The van der Waals surface area contributed by atoms with Gasteiger partial charge in [-0.1, -0.05) is 6.07 Å². The highest BCUT2D eigenvalue weighted by Crippen LogP contribution is 2.23. The summed E-state index contributed by atoms with van der Waals surface area (Å²) in [5.74, 6) is 1.28. The van der Waals surface area contributed by atoms with Crippen LogP contribution in [0.15, 0.2) is 21.9 Å². The molecule has 1 saturated heterocycles. The predicted molar refractivity (Wildman–Crippen MR) is 76.4 cm³/mol. The fourth-order valence-corrected chi connectivity index (χ4v) is 3.01. The fraction of sp³-hybridized carbons (Fsp3) is 0.500. The molecular formula is C14H17N3O2S. The summed E-state index contributed by atoms with van der Waals surface area (Å²) >= 11 is 1.57. The van der Waals surface area contributed by atoms with Crippen molar-refractivity contribution in [2.75, 3.05) is 13.1 Å². The molecule has 0 aliphatic carbocycles. The molecule has 0 bridgehead atoms. The van der Waals surface area contributed by atoms with Gasteiger partial charge < -0.3 is 9.32 Å². The number of rotatable bonds is 4. The molecule has 3 heterocycles. The van der Waals surface area contributed by atoms with E-state index in [1.807, 2.05) is 22.4 Å². The molecule has 0 atom stereocenters. The molecule has 0 radical (unpaired) electrons. The first-order valence-corrected chi connectivity index (χ1v) is 7.85. The maximum absolute atomic E-state index is 12.0. The number of hydrogen-bond donors (Lipinski definition) is 0. The van der Waals surface area contributed by atoms with Crippen molar-refractivity contribution >= 4 is 17.2 Å². The van der Waals surface area contributed by atoms with Crippen molar-refractivity contribution in [2.45, 2.75) is 32.1 Å². The SMILES string of the molecule is O=C(CCc1nnc(-c2cccs2)o1)N1CCCCC1. The second-order valence-electron chi connectivity index (χ2n) is 4.92. The minimum Gasteiger partial charge on any atom is -0.420 e. The number of likely N-dealkylation sites (tertiary alicyclic amines) is 1. The van der Waals surface area contributed by atoms with E-state index in [2.05, 4.69) is 10.2 Å². The van der Waals surface area contributed by atoms with Crippen LogP contribution in [0.5, 0.6) is 0 Å². The van der Waals surface area contributed by atoms with Crippen LogP contribution < -0.4 is 0 Å². The van der Waals surface area contributed by atoms with Crippen LogP contribution in [0.2, 0.25) is 0 Å². The van der Waals surface area contributed by atoms with Gasteiger partial charge in [0.05, 0.1) is 4.88 Å². The number of amides is 1. The Hall–Kier alpha value is -1.69. The van der Waals surface area contributed by atoms with Crippen LogP contribution in [0.4, 0.5) is 0 Å². The molecule has 5 nitrogen and oxygen atoms in total. The Balaban J connectivity index is 1.54. The summed E-state index contributed by atoms with van der Waals surface area (Å²) in [6.45, 7) is 1.78. The van der Waals surface area contributed by atoms with Crippen LogP contribution in [0.1, 0.15) is 31.6 Å². The second-order valence-corrected chi connectivity index (χ2v) is 5.87. The number of thiophene rings is 1. The normalized spacial score (nSPS) is 15.5. The zero-order chi connectivity index (χ0) is 13.8. The van der Waals surface area contributed by atoms with Crippen LogP contribution in [0, 0.1) is 0 Å². The Morgan fingerprint density at radius 2 is 2.15 bits per heavy atom. The molecule has 2 aromatic rings. The van der Waals surface area contributed by atoms with Crippen molar-refractivity contribution in [3.05, 3.63) is 23.4 Å². The monoisotopic (exact) mass is 291 g/mol. The summed E-state index contributed by atoms with van der Waals surface area (Å²) in [5.41, 5.74) is 0. The minimum absolute atomic E-state index is 0.195. The molecule has 3 rings (SSSR count). The first-order valence-electron chi connectivity index (χ1n) is 6.97. The van der Waals surface area contributed by atoms with Crippen LogP contribution in [0.3, 0.4) is 0 Å². The summed E-state index contributed by atoms with van der Waals surface area (Å²) < 4.78 is 5.58. The number of hydrogen-bond acceptors (Lipinski definition) is 5. The smallest absolute Gasteiger partial charge is 0.257 e. The summed E-state index contributed by atoms with van der Waals surface area (Å²) in [6.07, 6.45) is 4.45. The van der Waals surface area contributed by atoms with Gasteiger partial charge in [0.1, 0.15) is 0 Å². The summed E-state index contributed by atoms with van der Waals surface area (Å²) in [4.78, 5) is 15.0. The summed E-state index contributed by atoms with van der Waals surface area (Å²) in [6, 6.07) is 3.89. The van der Waals surface area contributed by atoms with Gasteiger partial charge in [-0.3, -0.25) is 4.79 Å². The highest BCUT2D eigenvalue weighted by atomic mass is 32.1. The van der Waals surface area contributed by atoms with Crippen molar-refractivity contribution < 1.29 is 9.21 Å². The Bertz CT molecular complexity index is 559. The van der Waals surface area contributed by atoms with E-state index in [4.69, 9.17) is 4.42 Å². The molecule has 1 aliphatic heterocycles. The van der Waals surface area contributed by atoms with E-state index in [0.29, 0.717) is 24.6 Å². The second kappa shape index (κ2) is 6.17. The predicted octanol–water partition coefficient (Wildman–Crippen LogP) is 2.74. The van der Waals surface area contributed by atoms with Gasteiger partial charge in [0.25, 0.3) is 5.89 Å². The molecule has 0 N–H and O–H groups in total. The van der Waals surface area contributed by atoms with E-state index in [0.717, 1.165) is 30.8 Å². The standard InChI is InChI=1S/C14H17N3O2S/c18-13(17-8-2-1-3-9-17)7-6-12-15-16-14(19-12)11-5-4-10-20-11/h4-5,10H,1-3,6-9H2. The molecule has 0 aromatic carbocycles. The molecule has 1 fully saturated rings. The van der Waals surface area contributed by atoms with Gasteiger partial charge in [0, 0.05) is 25.9 Å². The number of carbonyl (C=O) groups is 1. The van der Waals surface area contributed by atoms with Crippen molar-refractivity contribution in [3.8, 4) is 10.8 Å². The van der Waals surface area contributed by atoms with Crippen molar-refractivity contribution in [2.24, 2.45) is 0 Å². The van der Waals surface area contributed by atoms with Gasteiger partial charge in [-0.05, 0) is 30.7 Å². The molecule has 0 saturated carbocycles. The van der Waals surface area contributed by atoms with Crippen LogP contribution in [-0.2, 0) is 11.2 Å². The molecule has 106 valence electrons. The van der Waals surface area contributed by atoms with Gasteiger partial charge in [0.2, 0.25) is 11.8 Å². The molecule has 1 aliphatic rings. The fourth-order valence-electron chi connectivity index (χ4n) is 2.37. The molecule has 2 aromatic heterocycles. The van der Waals surface area contributed by atoms with Crippen LogP contribution in [-0.4, -0.2) is 34.1 Å². The third-order valence-corrected chi connectivity index (χ3v) is 4.32. The lowest BCUT2D eigenvalue weighted by Crippen LogP contribution is -2.35. The topological polar surface area (TPSA) is 59.2 Å². The van der Waals surface area contributed by atoms with E-state index < -0.39 is 0 Å². The first-order chi connectivity index (χ1) is 9.83. The van der Waals surface area contributed by atoms with Crippen molar-refractivity contribution in [1.29, 1.82) is 0 Å². The zero-order valence-electron chi connectivity index (χ0n) is 11.2. The van der Waals surface area contributed by atoms with E-state index in [-0.39, 0.29) is 5.91 Å². The molecule has 1 amide bonds. The number of carbonyl (C=O) groups excluding carboxylic acids is 1. The minimum atomic E-state index is 0.195. The Morgan fingerprint density at radius 1 is 1.30 bits per heavy atom. The third-order valence-electron chi connectivity index (χ3n) is 3.46. The van der Waals surface area contributed by atoms with Gasteiger partial charge in [-0.2, -0.15) is 0 Å². The van der Waals surface area contributed by atoms with Crippen molar-refractivity contribution in [1.82, 2.24) is 15.1 Å². The Labute approximate surface area is 121 Å². The summed E-state index contributed by atoms with van der Waals surface area (Å²) in [5, 5.41) is 10.00. The molecule has 6 heteroatoms. The first kappa shape index (κ1) is 13.3. The third kappa shape index (κ3) is 3.07. The maximum atomic E-state index is 12.0. The van der Waals surface area contributed by atoms with E-state index in [1.165, 1.54) is 6.42 Å². The van der Waals surface area contributed by atoms with Crippen LogP contribution >= 0.6 is 11.3 Å². The number of nitrogens with zero attached hydrogens (tertiary/aromatic N) is 3. The number of piperidine rings is 1. The van der Waals surface area contributed by atoms with Gasteiger partial charge in [-0.25, -0.2) is 0 Å². The average molecular weight is 291 g/mol. The van der Waals surface area contributed by atoms with Gasteiger partial charge in [0.15, 0.2) is 0 Å². The average Bonchev–Trinajstić information content (AvgIpc) is 3.16. The molecule has 0 spiro atoms. The van der Waals surface area contributed by atoms with Crippen molar-refractivity contribution in [3.63, 3.8) is 0 Å². The lowest BCUT2D eigenvalue weighted by atomic mass is 10.1. The van der Waals surface area contributed by atoms with Gasteiger partial charge in [-0.15, -0.1) is 21.5 Å². The summed E-state index contributed by atoms with van der Waals surface area (Å²) in [7, 11) is 0. The Morgan fingerprint density at radius 3 is 2.90 bits per heavy atom. The highest BCUT2D eigenvalue weighted by Gasteiger charge is 2.17. The van der Waals surface area contributed by atoms with E-state index in [1.54, 1.807) is 11.3 Å². The molecular weight excluding hydrogens is 274 g/mol. The van der Waals surface area contributed by atoms with E-state index in [9.17, 15) is 4.79 Å². The largest absolute Gasteiger partial charge is 0.420 e. The molecule has 0 unspecified atom stereocenters. The lowest BCUT2D eigenvalue weighted by Gasteiger charge is -2.26.